The van der Waals surface area contributed by atoms with Crippen LogP contribution in [0.3, 0.4) is 0 Å². The Labute approximate surface area is 327 Å². The molecule has 2 unspecified atom stereocenters. The molecule has 7 atom stereocenters. The van der Waals surface area contributed by atoms with Crippen molar-refractivity contribution in [3.8, 4) is 0 Å². The molecule has 0 amide bonds. The zero-order chi connectivity index (χ0) is 39.5. The van der Waals surface area contributed by atoms with E-state index >= 15 is 0 Å². The number of nitrogen functional groups attached to an aromatic ring is 1. The number of phosphoric ester groups is 1. The molecule has 4 rings (SSSR count). The molecular weight excluding hydrogens is 723 g/mol. The maximum atomic E-state index is 13.2. The summed E-state index contributed by atoms with van der Waals surface area (Å²) in [7, 11) is -4.67. The third-order valence-corrected chi connectivity index (χ3v) is 11.7. The largest absolute Gasteiger partial charge is 0.472 e. The SMILES string of the molecule is CCCCCCCCCCCCCCCCCCOC[C@@H](OCc1ccccc1)C(C)OP(=O)(O)OC[C@H]1O[C@@](C)(c2ccc3c(N)ncnn23)[C@H](O)[C@@H]1O. The van der Waals surface area contributed by atoms with Gasteiger partial charge in [0.15, 0.2) is 5.82 Å². The number of ether oxygens (including phenoxy) is 3. The van der Waals surface area contributed by atoms with Gasteiger partial charge < -0.3 is 35.1 Å². The smallest absolute Gasteiger partial charge is 0.387 e. The highest BCUT2D eigenvalue weighted by atomic mass is 31.2. The standard InChI is InChI=1S/C41H67N4O9P/c1-4-5-6-7-8-9-10-11-12-13-14-15-16-17-18-22-27-50-29-35(51-28-33-23-20-19-21-24-33)32(2)54-55(48,49)52-30-36-38(46)39(47)41(3,53-36)37-26-25-34-40(42)43-31-44-45(34)37/h19-21,23-26,31-32,35-36,38-39,46-47H,4-18,22,27-30H2,1-3H3,(H,48,49)(H2,42,43,44)/t32?,35-,36-,38-,39-,41+/m1/s1. The molecule has 0 bridgehead atoms. The lowest BCUT2D eigenvalue weighted by Gasteiger charge is -2.28. The van der Waals surface area contributed by atoms with Crippen molar-refractivity contribution in [2.24, 2.45) is 0 Å². The molecule has 3 aromatic rings. The van der Waals surface area contributed by atoms with Gasteiger partial charge in [0.25, 0.3) is 0 Å². The van der Waals surface area contributed by atoms with Gasteiger partial charge in [-0.15, -0.1) is 0 Å². The van der Waals surface area contributed by atoms with E-state index in [2.05, 4.69) is 17.0 Å². The molecule has 14 heteroatoms. The first-order valence-electron chi connectivity index (χ1n) is 20.6. The molecule has 1 aliphatic rings. The highest BCUT2D eigenvalue weighted by Gasteiger charge is 2.54. The molecule has 0 aliphatic carbocycles. The summed E-state index contributed by atoms with van der Waals surface area (Å²) < 4.78 is 43.7. The second-order valence-electron chi connectivity index (χ2n) is 15.1. The van der Waals surface area contributed by atoms with Gasteiger partial charge in [-0.3, -0.25) is 9.05 Å². The van der Waals surface area contributed by atoms with E-state index in [0.717, 1.165) is 18.4 Å². The summed E-state index contributed by atoms with van der Waals surface area (Å²) in [6.07, 6.45) is 16.5. The molecule has 0 radical (unpaired) electrons. The zero-order valence-electron chi connectivity index (χ0n) is 33.3. The van der Waals surface area contributed by atoms with Crippen LogP contribution in [-0.2, 0) is 40.0 Å². The Morgan fingerprint density at radius 1 is 0.909 bits per heavy atom. The van der Waals surface area contributed by atoms with E-state index in [9.17, 15) is 19.7 Å². The third kappa shape index (κ3) is 14.5. The van der Waals surface area contributed by atoms with E-state index < -0.39 is 50.6 Å². The number of hydrogen-bond donors (Lipinski definition) is 4. The number of unbranched alkanes of at least 4 members (excludes halogenated alkanes) is 15. The van der Waals surface area contributed by atoms with Crippen LogP contribution >= 0.6 is 7.82 Å². The molecule has 1 fully saturated rings. The van der Waals surface area contributed by atoms with Gasteiger partial charge in [-0.1, -0.05) is 134 Å². The Kier molecular flexibility index (Phi) is 19.5. The van der Waals surface area contributed by atoms with E-state index in [1.807, 2.05) is 30.3 Å². The molecule has 0 spiro atoms. The quantitative estimate of drug-likeness (QED) is 0.0393. The Hall–Kier alpha value is -2.45. The lowest BCUT2D eigenvalue weighted by molar-refractivity contribution is -0.0952. The average Bonchev–Trinajstić information content (AvgIpc) is 3.71. The van der Waals surface area contributed by atoms with Crippen LogP contribution in [0, 0.1) is 0 Å². The monoisotopic (exact) mass is 790 g/mol. The number of hydrogen-bond acceptors (Lipinski definition) is 11. The Bertz CT molecular complexity index is 1550. The molecule has 1 aromatic carbocycles. The van der Waals surface area contributed by atoms with Gasteiger partial charge in [0, 0.05) is 6.61 Å². The number of fused-ring (bicyclic) bond motifs is 1. The first kappa shape index (κ1) is 45.3. The Morgan fingerprint density at radius 3 is 2.13 bits per heavy atom. The maximum absolute atomic E-state index is 13.2. The predicted octanol–water partition coefficient (Wildman–Crippen LogP) is 8.03. The molecule has 55 heavy (non-hydrogen) atoms. The lowest BCUT2D eigenvalue weighted by atomic mass is 9.93. The van der Waals surface area contributed by atoms with Crippen molar-refractivity contribution in [1.82, 2.24) is 14.6 Å². The minimum Gasteiger partial charge on any atom is -0.387 e. The van der Waals surface area contributed by atoms with E-state index in [0.29, 0.717) is 17.8 Å². The number of aliphatic hydroxyl groups is 2. The van der Waals surface area contributed by atoms with Gasteiger partial charge in [0.05, 0.1) is 31.6 Å². The molecule has 2 aromatic heterocycles. The lowest BCUT2D eigenvalue weighted by Crippen LogP contribution is -2.39. The first-order valence-corrected chi connectivity index (χ1v) is 22.1. The number of rotatable bonds is 29. The summed E-state index contributed by atoms with van der Waals surface area (Å²) in [5.74, 6) is 0.238. The van der Waals surface area contributed by atoms with Gasteiger partial charge in [0.2, 0.25) is 0 Å². The van der Waals surface area contributed by atoms with E-state index in [4.69, 9.17) is 29.0 Å². The molecule has 13 nitrogen and oxygen atoms in total. The minimum atomic E-state index is -4.67. The molecule has 1 aliphatic heterocycles. The van der Waals surface area contributed by atoms with Crippen LogP contribution in [0.1, 0.15) is 135 Å². The maximum Gasteiger partial charge on any atom is 0.472 e. The second kappa shape index (κ2) is 23.7. The fourth-order valence-electron chi connectivity index (χ4n) is 7.18. The van der Waals surface area contributed by atoms with Gasteiger partial charge in [0.1, 0.15) is 41.9 Å². The van der Waals surface area contributed by atoms with E-state index in [-0.39, 0.29) is 19.0 Å². The predicted molar refractivity (Wildman–Crippen MR) is 213 cm³/mol. The van der Waals surface area contributed by atoms with Crippen LogP contribution in [0.4, 0.5) is 5.82 Å². The fraction of sp³-hybridized carbons (Fsp3) is 0.707. The third-order valence-electron chi connectivity index (χ3n) is 10.6. The number of aromatic nitrogens is 3. The molecular formula is C41H67N4O9P. The number of phosphoric acid groups is 1. The van der Waals surface area contributed by atoms with E-state index in [1.54, 1.807) is 26.0 Å². The van der Waals surface area contributed by atoms with Crippen molar-refractivity contribution in [1.29, 1.82) is 0 Å². The number of nitrogens with two attached hydrogens (primary N) is 1. The van der Waals surface area contributed by atoms with Crippen LogP contribution < -0.4 is 5.73 Å². The minimum absolute atomic E-state index is 0.168. The van der Waals surface area contributed by atoms with Crippen molar-refractivity contribution in [3.05, 3.63) is 60.0 Å². The van der Waals surface area contributed by atoms with Crippen LogP contribution in [0.25, 0.3) is 5.52 Å². The molecule has 310 valence electrons. The van der Waals surface area contributed by atoms with E-state index in [1.165, 1.54) is 101 Å². The van der Waals surface area contributed by atoms with Gasteiger partial charge in [-0.25, -0.2) is 14.1 Å². The van der Waals surface area contributed by atoms with Crippen LogP contribution in [0.2, 0.25) is 0 Å². The van der Waals surface area contributed by atoms with Crippen molar-refractivity contribution in [2.75, 3.05) is 25.6 Å². The molecule has 5 N–H and O–H groups in total. The molecule has 3 heterocycles. The summed E-state index contributed by atoms with van der Waals surface area (Å²) in [6.45, 7) is 5.95. The Morgan fingerprint density at radius 2 is 1.51 bits per heavy atom. The topological polar surface area (TPSA) is 180 Å². The van der Waals surface area contributed by atoms with Crippen molar-refractivity contribution in [2.45, 2.75) is 166 Å². The Balaban J connectivity index is 1.16. The van der Waals surface area contributed by atoms with Crippen molar-refractivity contribution >= 4 is 19.2 Å². The number of aliphatic hydroxyl groups excluding tert-OH is 2. The van der Waals surface area contributed by atoms with Gasteiger partial charge >= 0.3 is 7.82 Å². The number of anilines is 1. The van der Waals surface area contributed by atoms with Crippen molar-refractivity contribution < 1.29 is 42.9 Å². The second-order valence-corrected chi connectivity index (χ2v) is 16.6. The summed E-state index contributed by atoms with van der Waals surface area (Å²) in [4.78, 5) is 14.7. The highest BCUT2D eigenvalue weighted by molar-refractivity contribution is 7.47. The summed E-state index contributed by atoms with van der Waals surface area (Å²) in [5.41, 5.74) is 6.39. The van der Waals surface area contributed by atoms with Gasteiger partial charge in [-0.2, -0.15) is 5.10 Å². The molecule has 0 saturated carbocycles. The van der Waals surface area contributed by atoms with Crippen LogP contribution in [0.15, 0.2) is 48.8 Å². The zero-order valence-corrected chi connectivity index (χ0v) is 34.2. The molecule has 1 saturated heterocycles. The summed E-state index contributed by atoms with van der Waals surface area (Å²) in [6, 6.07) is 13.0. The number of nitrogens with zero attached hydrogens (tertiary/aromatic N) is 3. The summed E-state index contributed by atoms with van der Waals surface area (Å²) >= 11 is 0. The van der Waals surface area contributed by atoms with Crippen molar-refractivity contribution in [3.63, 3.8) is 0 Å². The highest BCUT2D eigenvalue weighted by Crippen LogP contribution is 2.47. The van der Waals surface area contributed by atoms with Crippen LogP contribution in [0.5, 0.6) is 0 Å². The normalized spacial score (nSPS) is 22.3. The first-order chi connectivity index (χ1) is 26.6. The van der Waals surface area contributed by atoms with Gasteiger partial charge in [-0.05, 0) is 38.0 Å². The summed E-state index contributed by atoms with van der Waals surface area (Å²) in [5, 5.41) is 26.1. The van der Waals surface area contributed by atoms with Crippen LogP contribution in [-0.4, -0.2) is 80.0 Å². The fourth-order valence-corrected chi connectivity index (χ4v) is 8.13. The average molecular weight is 791 g/mol. The number of benzene rings is 1.